The first-order valence-corrected chi connectivity index (χ1v) is 13.9. The summed E-state index contributed by atoms with van der Waals surface area (Å²) in [6, 6.07) is 18.1. The molecule has 1 aromatic heterocycles. The van der Waals surface area contributed by atoms with Gasteiger partial charge in [0, 0.05) is 28.7 Å². The minimum atomic E-state index is -0.0675. The highest BCUT2D eigenvalue weighted by molar-refractivity contribution is 14.1. The Bertz CT molecular complexity index is 1400. The summed E-state index contributed by atoms with van der Waals surface area (Å²) < 4.78 is 13.0. The van der Waals surface area contributed by atoms with Crippen molar-refractivity contribution in [2.24, 2.45) is 0 Å². The van der Waals surface area contributed by atoms with Crippen LogP contribution in [-0.2, 0) is 11.2 Å². The number of hydrogen-bond acceptors (Lipinski definition) is 6. The Balaban J connectivity index is 1.41. The first-order valence-electron chi connectivity index (χ1n) is 11.8. The monoisotopic (exact) mass is 722 g/mol. The van der Waals surface area contributed by atoms with E-state index in [1.54, 1.807) is 6.92 Å². The number of nitrogens with one attached hydrogen (secondary N) is 1. The van der Waals surface area contributed by atoms with Crippen LogP contribution in [0.4, 0.5) is 5.69 Å². The largest absolute Gasteiger partial charge is 0.491 e. The van der Waals surface area contributed by atoms with Crippen LogP contribution in [0.15, 0.2) is 59.1 Å². The van der Waals surface area contributed by atoms with Gasteiger partial charge < -0.3 is 19.5 Å². The first-order chi connectivity index (χ1) is 17.7. The lowest BCUT2D eigenvalue weighted by Gasteiger charge is -2.15. The summed E-state index contributed by atoms with van der Waals surface area (Å²) >= 11 is 4.50. The van der Waals surface area contributed by atoms with Crippen LogP contribution in [0.5, 0.6) is 5.75 Å². The Morgan fingerprint density at radius 1 is 1.00 bits per heavy atom. The third kappa shape index (κ3) is 7.29. The number of aromatic nitrogens is 2. The molecule has 1 heterocycles. The van der Waals surface area contributed by atoms with E-state index >= 15 is 0 Å². The van der Waals surface area contributed by atoms with E-state index in [2.05, 4.69) is 96.7 Å². The van der Waals surface area contributed by atoms with Gasteiger partial charge in [-0.3, -0.25) is 4.79 Å². The van der Waals surface area contributed by atoms with Crippen LogP contribution in [0.1, 0.15) is 17.0 Å². The van der Waals surface area contributed by atoms with E-state index < -0.39 is 0 Å². The van der Waals surface area contributed by atoms with Crippen molar-refractivity contribution in [2.45, 2.75) is 20.3 Å². The van der Waals surface area contributed by atoms with Gasteiger partial charge in [-0.1, -0.05) is 41.6 Å². The molecule has 9 heteroatoms. The number of likely N-dealkylation sites (N-methyl/N-ethyl adjacent to an activating group) is 1. The number of amides is 1. The van der Waals surface area contributed by atoms with Gasteiger partial charge in [0.05, 0.1) is 15.7 Å². The highest BCUT2D eigenvalue weighted by Crippen LogP contribution is 2.31. The number of ether oxygens (including phenoxy) is 1. The quantitative estimate of drug-likeness (QED) is 0.203. The second-order valence-electron chi connectivity index (χ2n) is 9.00. The Morgan fingerprint density at radius 2 is 1.73 bits per heavy atom. The zero-order chi connectivity index (χ0) is 26.5. The smallest absolute Gasteiger partial charge is 0.228 e. The molecule has 0 unspecified atom stereocenters. The second kappa shape index (κ2) is 12.4. The van der Waals surface area contributed by atoms with Crippen LogP contribution in [0.25, 0.3) is 22.5 Å². The first kappa shape index (κ1) is 27.5. The van der Waals surface area contributed by atoms with Crippen molar-refractivity contribution in [3.63, 3.8) is 0 Å². The summed E-state index contributed by atoms with van der Waals surface area (Å²) in [6.07, 6.45) is 0.286. The van der Waals surface area contributed by atoms with Gasteiger partial charge in [0.15, 0.2) is 0 Å². The Labute approximate surface area is 244 Å². The number of halogens is 2. The molecule has 0 radical (unpaired) electrons. The molecule has 0 aliphatic rings. The van der Waals surface area contributed by atoms with Crippen molar-refractivity contribution in [1.29, 1.82) is 0 Å². The number of carbonyl (C=O) groups excluding carboxylic acids is 1. The molecule has 3 aromatic carbocycles. The normalized spacial score (nSPS) is 11.1. The molecule has 0 atom stereocenters. The molecule has 4 rings (SSSR count). The standard InChI is InChI=1S/C28H28I2N4O3/c1-17-13-21(28-31-18(2)37-33-28)9-10-22(17)20-7-5-19(6-8-20)14-27(35)32-25-16-26(24(30)15-23(25)29)36-12-11-34(3)4/h5-10,13,15-16H,11-12,14H2,1-4H3,(H,32,35). The fraction of sp³-hybridized carbons (Fsp3) is 0.250. The molecule has 0 bridgehead atoms. The third-order valence-corrected chi connectivity index (χ3v) is 7.47. The lowest BCUT2D eigenvalue weighted by molar-refractivity contribution is -0.115. The molecule has 0 fully saturated rings. The van der Waals surface area contributed by atoms with E-state index in [1.807, 2.05) is 44.4 Å². The maximum Gasteiger partial charge on any atom is 0.228 e. The van der Waals surface area contributed by atoms with E-state index in [4.69, 9.17) is 9.26 Å². The summed E-state index contributed by atoms with van der Waals surface area (Å²) in [4.78, 5) is 19.2. The van der Waals surface area contributed by atoms with Crippen LogP contribution >= 0.6 is 45.2 Å². The average Bonchev–Trinajstić information content (AvgIpc) is 3.28. The van der Waals surface area contributed by atoms with E-state index in [-0.39, 0.29) is 12.3 Å². The summed E-state index contributed by atoms with van der Waals surface area (Å²) in [5, 5.41) is 7.04. The van der Waals surface area contributed by atoms with Crippen molar-refractivity contribution in [2.75, 3.05) is 32.6 Å². The SMILES string of the molecule is Cc1nc(-c2ccc(-c3ccc(CC(=O)Nc4cc(OCCN(C)C)c(I)cc4I)cc3)c(C)c2)no1. The molecular formula is C28H28I2N4O3. The van der Waals surface area contributed by atoms with Gasteiger partial charge in [-0.2, -0.15) is 4.98 Å². The number of anilines is 1. The second-order valence-corrected chi connectivity index (χ2v) is 11.3. The van der Waals surface area contributed by atoms with Crippen LogP contribution in [0.2, 0.25) is 0 Å². The fourth-order valence-electron chi connectivity index (χ4n) is 3.80. The van der Waals surface area contributed by atoms with Gasteiger partial charge in [-0.05, 0) is 101 Å². The van der Waals surface area contributed by atoms with Gasteiger partial charge in [0.2, 0.25) is 17.6 Å². The number of nitrogens with zero attached hydrogens (tertiary/aromatic N) is 3. The summed E-state index contributed by atoms with van der Waals surface area (Å²) in [7, 11) is 4.02. The molecule has 0 saturated carbocycles. The molecule has 7 nitrogen and oxygen atoms in total. The molecule has 192 valence electrons. The Kier molecular flexibility index (Phi) is 9.19. The van der Waals surface area contributed by atoms with E-state index in [1.165, 1.54) is 0 Å². The number of hydrogen-bond donors (Lipinski definition) is 1. The van der Waals surface area contributed by atoms with Gasteiger partial charge in [-0.15, -0.1) is 0 Å². The average molecular weight is 722 g/mol. The molecule has 0 saturated heterocycles. The van der Waals surface area contributed by atoms with Crippen LogP contribution in [0.3, 0.4) is 0 Å². The third-order valence-electron chi connectivity index (χ3n) is 5.73. The Morgan fingerprint density at radius 3 is 2.38 bits per heavy atom. The van der Waals surface area contributed by atoms with Gasteiger partial charge in [0.1, 0.15) is 12.4 Å². The molecule has 1 N–H and O–H groups in total. The predicted molar refractivity (Wildman–Crippen MR) is 163 cm³/mol. The van der Waals surface area contributed by atoms with Crippen LogP contribution in [0, 0.1) is 21.0 Å². The molecule has 0 aliphatic heterocycles. The van der Waals surface area contributed by atoms with Crippen LogP contribution in [-0.4, -0.2) is 48.2 Å². The van der Waals surface area contributed by atoms with Crippen molar-refractivity contribution >= 4 is 56.8 Å². The highest BCUT2D eigenvalue weighted by atomic mass is 127. The van der Waals surface area contributed by atoms with E-state index in [9.17, 15) is 4.79 Å². The number of rotatable bonds is 9. The van der Waals surface area contributed by atoms with Gasteiger partial charge in [0.25, 0.3) is 0 Å². The zero-order valence-corrected chi connectivity index (χ0v) is 25.5. The summed E-state index contributed by atoms with van der Waals surface area (Å²) in [5.74, 6) is 1.84. The van der Waals surface area contributed by atoms with Crippen molar-refractivity contribution in [3.05, 3.63) is 78.8 Å². The minimum Gasteiger partial charge on any atom is -0.491 e. The Hall–Kier alpha value is -2.51. The number of carbonyl (C=O) groups is 1. The molecule has 0 aliphatic carbocycles. The molecule has 0 spiro atoms. The van der Waals surface area contributed by atoms with Crippen molar-refractivity contribution in [1.82, 2.24) is 15.0 Å². The topological polar surface area (TPSA) is 80.5 Å². The van der Waals surface area contributed by atoms with E-state index in [0.717, 1.165) is 52.9 Å². The highest BCUT2D eigenvalue weighted by Gasteiger charge is 2.13. The van der Waals surface area contributed by atoms with Gasteiger partial charge in [-0.25, -0.2) is 0 Å². The summed E-state index contributed by atoms with van der Waals surface area (Å²) in [6.45, 7) is 5.25. The summed E-state index contributed by atoms with van der Waals surface area (Å²) in [5.41, 5.74) is 5.94. The maximum absolute atomic E-state index is 12.8. The van der Waals surface area contributed by atoms with Crippen molar-refractivity contribution < 1.29 is 14.1 Å². The fourth-order valence-corrected chi connectivity index (χ4v) is 5.62. The number of aryl methyl sites for hydroxylation is 2. The minimum absolute atomic E-state index is 0.0675. The predicted octanol–water partition coefficient (Wildman–Crippen LogP) is 6.35. The lowest BCUT2D eigenvalue weighted by atomic mass is 9.97. The zero-order valence-electron chi connectivity index (χ0n) is 21.1. The van der Waals surface area contributed by atoms with Crippen LogP contribution < -0.4 is 10.1 Å². The number of benzene rings is 3. The van der Waals surface area contributed by atoms with E-state index in [0.29, 0.717) is 18.3 Å². The molecule has 37 heavy (non-hydrogen) atoms. The lowest BCUT2D eigenvalue weighted by Crippen LogP contribution is -2.20. The molecular weight excluding hydrogens is 694 g/mol. The van der Waals surface area contributed by atoms with Crippen molar-refractivity contribution in [3.8, 4) is 28.3 Å². The van der Waals surface area contributed by atoms with Gasteiger partial charge >= 0.3 is 0 Å². The molecule has 1 amide bonds. The maximum atomic E-state index is 12.8. The molecule has 4 aromatic rings.